The van der Waals surface area contributed by atoms with Crippen molar-refractivity contribution >= 4 is 17.5 Å². The van der Waals surface area contributed by atoms with Crippen LogP contribution in [0.5, 0.6) is 0 Å². The predicted octanol–water partition coefficient (Wildman–Crippen LogP) is 2.76. The second-order valence-electron chi connectivity index (χ2n) is 6.37. The fourth-order valence-electron chi connectivity index (χ4n) is 2.79. The lowest BCUT2D eigenvalue weighted by Crippen LogP contribution is -2.50. The third kappa shape index (κ3) is 4.06. The molecule has 5 heteroatoms. The second kappa shape index (κ2) is 7.38. The number of nitrogens with zero attached hydrogens (tertiary/aromatic N) is 2. The molecule has 0 aromatic carbocycles. The fourth-order valence-corrected chi connectivity index (χ4v) is 2.79. The van der Waals surface area contributed by atoms with Gasteiger partial charge in [-0.15, -0.1) is 0 Å². The number of carbonyl (C=O) groups excluding carboxylic acids is 2. The Morgan fingerprint density at radius 1 is 1.41 bits per heavy atom. The number of rotatable bonds is 5. The third-order valence-corrected chi connectivity index (χ3v) is 4.03. The van der Waals surface area contributed by atoms with E-state index in [1.807, 2.05) is 13.0 Å². The standard InChI is InChI=1S/C17H25N3O2/c1-12(2)10-15(20-9-5-4-6-16(20)21)17(22)19-14-11-18-8-7-13(14)3/h7-8,11-12,15H,4-6,9-10H2,1-3H3,(H,19,22). The van der Waals surface area contributed by atoms with Crippen LogP contribution in [0.25, 0.3) is 0 Å². The molecule has 1 aromatic rings. The van der Waals surface area contributed by atoms with Crippen LogP contribution in [0.2, 0.25) is 0 Å². The van der Waals surface area contributed by atoms with E-state index in [1.165, 1.54) is 0 Å². The van der Waals surface area contributed by atoms with E-state index in [0.717, 1.165) is 18.4 Å². The van der Waals surface area contributed by atoms with Crippen LogP contribution in [-0.4, -0.2) is 34.3 Å². The quantitative estimate of drug-likeness (QED) is 0.909. The number of nitrogens with one attached hydrogen (secondary N) is 1. The zero-order chi connectivity index (χ0) is 16.1. The number of hydrogen-bond acceptors (Lipinski definition) is 3. The molecular weight excluding hydrogens is 278 g/mol. The molecule has 0 saturated carbocycles. The smallest absolute Gasteiger partial charge is 0.247 e. The summed E-state index contributed by atoms with van der Waals surface area (Å²) in [5.41, 5.74) is 1.68. The Labute approximate surface area is 132 Å². The van der Waals surface area contributed by atoms with Gasteiger partial charge in [-0.05, 0) is 43.7 Å². The van der Waals surface area contributed by atoms with Crippen molar-refractivity contribution in [3.05, 3.63) is 24.0 Å². The van der Waals surface area contributed by atoms with Crippen LogP contribution < -0.4 is 5.32 Å². The molecule has 2 amide bonds. The number of carbonyl (C=O) groups is 2. The van der Waals surface area contributed by atoms with E-state index >= 15 is 0 Å². The third-order valence-electron chi connectivity index (χ3n) is 4.03. The molecule has 1 aromatic heterocycles. The zero-order valence-corrected chi connectivity index (χ0v) is 13.6. The molecule has 1 aliphatic heterocycles. The number of aromatic nitrogens is 1. The molecule has 0 spiro atoms. The molecule has 0 bridgehead atoms. The van der Waals surface area contributed by atoms with Gasteiger partial charge in [0.2, 0.25) is 11.8 Å². The van der Waals surface area contributed by atoms with Crippen molar-refractivity contribution in [2.45, 2.75) is 52.5 Å². The van der Waals surface area contributed by atoms with Crippen molar-refractivity contribution in [3.8, 4) is 0 Å². The monoisotopic (exact) mass is 303 g/mol. The van der Waals surface area contributed by atoms with Crippen molar-refractivity contribution in [2.75, 3.05) is 11.9 Å². The number of likely N-dealkylation sites (tertiary alicyclic amines) is 1. The van der Waals surface area contributed by atoms with Crippen LogP contribution in [0.3, 0.4) is 0 Å². The highest BCUT2D eigenvalue weighted by molar-refractivity contribution is 5.97. The maximum absolute atomic E-state index is 12.7. The molecule has 1 saturated heterocycles. The Morgan fingerprint density at radius 2 is 2.18 bits per heavy atom. The van der Waals surface area contributed by atoms with E-state index in [2.05, 4.69) is 24.1 Å². The summed E-state index contributed by atoms with van der Waals surface area (Å²) in [4.78, 5) is 30.7. The highest BCUT2D eigenvalue weighted by Crippen LogP contribution is 2.21. The van der Waals surface area contributed by atoms with Gasteiger partial charge in [0, 0.05) is 19.2 Å². The van der Waals surface area contributed by atoms with E-state index in [9.17, 15) is 9.59 Å². The Balaban J connectivity index is 2.15. The van der Waals surface area contributed by atoms with E-state index in [1.54, 1.807) is 17.3 Å². The number of aryl methyl sites for hydroxylation is 1. The summed E-state index contributed by atoms with van der Waals surface area (Å²) < 4.78 is 0. The minimum absolute atomic E-state index is 0.0926. The lowest BCUT2D eigenvalue weighted by atomic mass is 9.98. The van der Waals surface area contributed by atoms with Gasteiger partial charge >= 0.3 is 0 Å². The maximum atomic E-state index is 12.7. The number of amides is 2. The Morgan fingerprint density at radius 3 is 2.82 bits per heavy atom. The summed E-state index contributed by atoms with van der Waals surface area (Å²) >= 11 is 0. The topological polar surface area (TPSA) is 62.3 Å². The normalized spacial score (nSPS) is 16.7. The van der Waals surface area contributed by atoms with Gasteiger partial charge in [-0.3, -0.25) is 14.6 Å². The number of piperidine rings is 1. The minimum atomic E-state index is -0.396. The number of anilines is 1. The van der Waals surface area contributed by atoms with E-state index < -0.39 is 6.04 Å². The van der Waals surface area contributed by atoms with Crippen LogP contribution in [0, 0.1) is 12.8 Å². The maximum Gasteiger partial charge on any atom is 0.247 e. The molecule has 120 valence electrons. The molecule has 5 nitrogen and oxygen atoms in total. The molecule has 1 unspecified atom stereocenters. The first kappa shape index (κ1) is 16.5. The molecule has 1 atom stereocenters. The summed E-state index contributed by atoms with van der Waals surface area (Å²) in [7, 11) is 0. The van der Waals surface area contributed by atoms with Crippen molar-refractivity contribution < 1.29 is 9.59 Å². The van der Waals surface area contributed by atoms with Crippen molar-refractivity contribution in [1.82, 2.24) is 9.88 Å². The number of pyridine rings is 1. The first-order valence-corrected chi connectivity index (χ1v) is 8.00. The lowest BCUT2D eigenvalue weighted by molar-refractivity contribution is -0.141. The van der Waals surface area contributed by atoms with Crippen LogP contribution in [0.15, 0.2) is 18.5 Å². The van der Waals surface area contributed by atoms with Gasteiger partial charge in [0.15, 0.2) is 0 Å². The second-order valence-corrected chi connectivity index (χ2v) is 6.37. The summed E-state index contributed by atoms with van der Waals surface area (Å²) in [5, 5.41) is 2.94. The van der Waals surface area contributed by atoms with Crippen LogP contribution >= 0.6 is 0 Å². The van der Waals surface area contributed by atoms with E-state index in [0.29, 0.717) is 31.0 Å². The molecule has 2 rings (SSSR count). The highest BCUT2D eigenvalue weighted by atomic mass is 16.2. The lowest BCUT2D eigenvalue weighted by Gasteiger charge is -2.34. The van der Waals surface area contributed by atoms with Gasteiger partial charge in [0.05, 0.1) is 11.9 Å². The van der Waals surface area contributed by atoms with Gasteiger partial charge in [0.1, 0.15) is 6.04 Å². The average molecular weight is 303 g/mol. The summed E-state index contributed by atoms with van der Waals surface area (Å²) in [6.07, 6.45) is 6.47. The molecule has 1 aliphatic rings. The fraction of sp³-hybridized carbons (Fsp3) is 0.588. The highest BCUT2D eigenvalue weighted by Gasteiger charge is 2.31. The first-order chi connectivity index (χ1) is 10.5. The van der Waals surface area contributed by atoms with Crippen LogP contribution in [0.4, 0.5) is 5.69 Å². The summed E-state index contributed by atoms with van der Waals surface area (Å²) in [6.45, 7) is 6.75. The van der Waals surface area contributed by atoms with Gasteiger partial charge in [-0.2, -0.15) is 0 Å². The molecular formula is C17H25N3O2. The van der Waals surface area contributed by atoms with Crippen LogP contribution in [0.1, 0.15) is 45.1 Å². The average Bonchev–Trinajstić information content (AvgIpc) is 2.48. The van der Waals surface area contributed by atoms with E-state index in [-0.39, 0.29) is 11.8 Å². The Bertz CT molecular complexity index is 542. The molecule has 1 N–H and O–H groups in total. The Kier molecular flexibility index (Phi) is 5.52. The minimum Gasteiger partial charge on any atom is -0.331 e. The van der Waals surface area contributed by atoms with Gasteiger partial charge < -0.3 is 10.2 Å². The number of hydrogen-bond donors (Lipinski definition) is 1. The predicted molar refractivity (Wildman–Crippen MR) is 86.4 cm³/mol. The van der Waals surface area contributed by atoms with Gasteiger partial charge in [0.25, 0.3) is 0 Å². The molecule has 22 heavy (non-hydrogen) atoms. The van der Waals surface area contributed by atoms with Gasteiger partial charge in [-0.25, -0.2) is 0 Å². The molecule has 0 aliphatic carbocycles. The molecule has 2 heterocycles. The zero-order valence-electron chi connectivity index (χ0n) is 13.6. The SMILES string of the molecule is Cc1ccncc1NC(=O)C(CC(C)C)N1CCCCC1=O. The molecule has 0 radical (unpaired) electrons. The largest absolute Gasteiger partial charge is 0.331 e. The Hall–Kier alpha value is -1.91. The van der Waals surface area contributed by atoms with Crippen molar-refractivity contribution in [2.24, 2.45) is 5.92 Å². The van der Waals surface area contributed by atoms with E-state index in [4.69, 9.17) is 0 Å². The van der Waals surface area contributed by atoms with Crippen LogP contribution in [-0.2, 0) is 9.59 Å². The van der Waals surface area contributed by atoms with Crippen molar-refractivity contribution in [1.29, 1.82) is 0 Å². The van der Waals surface area contributed by atoms with Gasteiger partial charge in [-0.1, -0.05) is 13.8 Å². The summed E-state index contributed by atoms with van der Waals surface area (Å²) in [6, 6.07) is 1.46. The molecule has 1 fully saturated rings. The first-order valence-electron chi connectivity index (χ1n) is 8.00. The van der Waals surface area contributed by atoms with Crippen molar-refractivity contribution in [3.63, 3.8) is 0 Å². The summed E-state index contributed by atoms with van der Waals surface area (Å²) in [5.74, 6) is 0.329.